The number of aliphatic hydroxyl groups is 1. The zero-order valence-electron chi connectivity index (χ0n) is 25.5. The van der Waals surface area contributed by atoms with Crippen molar-refractivity contribution in [2.75, 3.05) is 39.9 Å². The summed E-state index contributed by atoms with van der Waals surface area (Å²) in [4.78, 5) is 26.8. The maximum Gasteiger partial charge on any atom is 0.252 e. The highest BCUT2D eigenvalue weighted by Crippen LogP contribution is 2.21. The number of carbonyl (C=O) groups excluding carboxylic acids is 2. The van der Waals surface area contributed by atoms with E-state index < -0.39 is 28.1 Å². The highest BCUT2D eigenvalue weighted by Gasteiger charge is 2.36. The Bertz CT molecular complexity index is 1180. The van der Waals surface area contributed by atoms with Crippen molar-refractivity contribution in [2.45, 2.75) is 64.0 Å². The Morgan fingerprint density at radius 3 is 2.17 bits per heavy atom. The molecule has 2 amide bonds. The van der Waals surface area contributed by atoms with Gasteiger partial charge in [0.2, 0.25) is 15.9 Å². The normalized spacial score (nSPS) is 14.0. The molecular weight excluding hydrogens is 556 g/mol. The van der Waals surface area contributed by atoms with Gasteiger partial charge in [-0.25, -0.2) is 13.4 Å². The van der Waals surface area contributed by atoms with E-state index in [1.807, 2.05) is 58.0 Å². The maximum atomic E-state index is 13.7. The van der Waals surface area contributed by atoms with Gasteiger partial charge in [0.1, 0.15) is 0 Å². The number of nitrogens with one attached hydrogen (secondary N) is 2. The number of hydrazine groups is 1. The molecular formula is C31H48N4O6S. The van der Waals surface area contributed by atoms with E-state index in [2.05, 4.69) is 10.7 Å². The van der Waals surface area contributed by atoms with Crippen molar-refractivity contribution in [3.8, 4) is 0 Å². The van der Waals surface area contributed by atoms with E-state index >= 15 is 0 Å². The Morgan fingerprint density at radius 1 is 0.976 bits per heavy atom. The predicted octanol–water partition coefficient (Wildman–Crippen LogP) is 2.84. The second kappa shape index (κ2) is 18.0. The smallest absolute Gasteiger partial charge is 0.252 e. The molecule has 0 aliphatic carbocycles. The lowest BCUT2D eigenvalue weighted by atomic mass is 9.98. The second-order valence-corrected chi connectivity index (χ2v) is 13.0. The van der Waals surface area contributed by atoms with E-state index in [0.717, 1.165) is 12.0 Å². The highest BCUT2D eigenvalue weighted by atomic mass is 32.2. The summed E-state index contributed by atoms with van der Waals surface area (Å²) in [7, 11) is -2.38. The van der Waals surface area contributed by atoms with Crippen LogP contribution < -0.4 is 10.7 Å². The van der Waals surface area contributed by atoms with Crippen molar-refractivity contribution in [2.24, 2.45) is 11.8 Å². The van der Waals surface area contributed by atoms with Crippen LogP contribution in [-0.4, -0.2) is 86.7 Å². The number of aliphatic hydroxyl groups excluding tert-OH is 1. The SMILES string of the molecule is CC[C@H](C)CC(=O)N(NC(=O)CNCCOC)[C@@H](Cc1ccccc1)[C@H](O)CN(CC(C)C)S(=O)(=O)c1ccccc1. The molecule has 0 saturated carbocycles. The number of carbonyl (C=O) groups is 2. The molecule has 2 aromatic rings. The van der Waals surface area contributed by atoms with Gasteiger partial charge in [0, 0.05) is 33.2 Å². The lowest BCUT2D eigenvalue weighted by molar-refractivity contribution is -0.148. The largest absolute Gasteiger partial charge is 0.390 e. The van der Waals surface area contributed by atoms with Crippen molar-refractivity contribution < 1.29 is 27.9 Å². The monoisotopic (exact) mass is 604 g/mol. The fourth-order valence-corrected chi connectivity index (χ4v) is 6.07. The number of amides is 2. The molecule has 0 aliphatic heterocycles. The molecule has 10 nitrogen and oxygen atoms in total. The molecule has 0 saturated heterocycles. The summed E-state index contributed by atoms with van der Waals surface area (Å²) < 4.78 is 33.6. The number of rotatable bonds is 18. The minimum Gasteiger partial charge on any atom is -0.390 e. The van der Waals surface area contributed by atoms with Crippen LogP contribution in [0.5, 0.6) is 0 Å². The fraction of sp³-hybridized carbons (Fsp3) is 0.548. The average molecular weight is 605 g/mol. The standard InChI is InChI=1S/C31H48N4O6S/c1-6-25(4)19-31(38)35(33-30(37)21-32-17-18-41-5)28(20-26-13-9-7-10-14-26)29(36)23-34(22-24(2)3)42(39,40)27-15-11-8-12-16-27/h7-16,24-25,28-29,32,36H,6,17-23H2,1-5H3,(H,33,37)/t25-,28-,29+/m0/s1. The first-order valence-corrected chi connectivity index (χ1v) is 16.0. The van der Waals surface area contributed by atoms with Crippen LogP contribution in [0.2, 0.25) is 0 Å². The molecule has 3 N–H and O–H groups in total. The van der Waals surface area contributed by atoms with Crippen molar-refractivity contribution in [3.63, 3.8) is 0 Å². The Kier molecular flexibility index (Phi) is 15.1. The second-order valence-electron chi connectivity index (χ2n) is 11.0. The topological polar surface area (TPSA) is 128 Å². The number of hydrogen-bond acceptors (Lipinski definition) is 7. The Labute approximate surface area is 251 Å². The van der Waals surface area contributed by atoms with Gasteiger partial charge in [-0.1, -0.05) is 82.6 Å². The van der Waals surface area contributed by atoms with Crippen molar-refractivity contribution in [1.29, 1.82) is 0 Å². The van der Waals surface area contributed by atoms with Crippen LogP contribution in [0, 0.1) is 11.8 Å². The molecule has 2 aromatic carbocycles. The van der Waals surface area contributed by atoms with Crippen LogP contribution in [0.25, 0.3) is 0 Å². The lowest BCUT2D eigenvalue weighted by Gasteiger charge is -2.37. The van der Waals surface area contributed by atoms with Gasteiger partial charge in [-0.15, -0.1) is 0 Å². The average Bonchev–Trinajstić information content (AvgIpc) is 2.97. The van der Waals surface area contributed by atoms with Gasteiger partial charge >= 0.3 is 0 Å². The van der Waals surface area contributed by atoms with Crippen LogP contribution in [0.1, 0.15) is 46.1 Å². The van der Waals surface area contributed by atoms with E-state index in [0.29, 0.717) is 13.2 Å². The van der Waals surface area contributed by atoms with Crippen LogP contribution in [-0.2, 0) is 30.8 Å². The Balaban J connectivity index is 2.47. The third kappa shape index (κ3) is 11.4. The summed E-state index contributed by atoms with van der Waals surface area (Å²) in [6, 6.07) is 16.5. The predicted molar refractivity (Wildman–Crippen MR) is 164 cm³/mol. The zero-order valence-corrected chi connectivity index (χ0v) is 26.3. The first-order chi connectivity index (χ1) is 20.0. The van der Waals surface area contributed by atoms with E-state index in [9.17, 15) is 23.1 Å². The summed E-state index contributed by atoms with van der Waals surface area (Å²) in [5, 5.41) is 15.9. The third-order valence-corrected chi connectivity index (χ3v) is 8.75. The van der Waals surface area contributed by atoms with Gasteiger partial charge in [0.05, 0.1) is 30.2 Å². The molecule has 0 fully saturated rings. The molecule has 0 bridgehead atoms. The molecule has 11 heteroatoms. The molecule has 0 heterocycles. The lowest BCUT2D eigenvalue weighted by Crippen LogP contribution is -2.60. The van der Waals surface area contributed by atoms with E-state index in [-0.39, 0.29) is 55.1 Å². The van der Waals surface area contributed by atoms with E-state index in [1.54, 1.807) is 25.3 Å². The van der Waals surface area contributed by atoms with Crippen LogP contribution in [0.4, 0.5) is 0 Å². The Hall–Kier alpha value is -2.83. The first-order valence-electron chi connectivity index (χ1n) is 14.6. The van der Waals surface area contributed by atoms with Crippen LogP contribution in [0.15, 0.2) is 65.6 Å². The van der Waals surface area contributed by atoms with Crippen LogP contribution in [0.3, 0.4) is 0 Å². The number of hydrogen-bond donors (Lipinski definition) is 3. The number of sulfonamides is 1. The molecule has 2 rings (SSSR count). The van der Waals surface area contributed by atoms with Crippen molar-refractivity contribution in [1.82, 2.24) is 20.1 Å². The van der Waals surface area contributed by atoms with Gasteiger partial charge in [-0.2, -0.15) is 4.31 Å². The summed E-state index contributed by atoms with van der Waals surface area (Å²) in [5.41, 5.74) is 3.55. The van der Waals surface area contributed by atoms with Crippen molar-refractivity contribution in [3.05, 3.63) is 66.2 Å². The molecule has 0 spiro atoms. The van der Waals surface area contributed by atoms with E-state index in [1.165, 1.54) is 21.4 Å². The van der Waals surface area contributed by atoms with Gasteiger partial charge in [-0.3, -0.25) is 15.0 Å². The molecule has 0 unspecified atom stereocenters. The molecule has 0 radical (unpaired) electrons. The van der Waals surface area contributed by atoms with Gasteiger partial charge in [0.25, 0.3) is 5.91 Å². The van der Waals surface area contributed by atoms with Crippen LogP contribution >= 0.6 is 0 Å². The number of ether oxygens (including phenoxy) is 1. The quantitative estimate of drug-likeness (QED) is 0.176. The molecule has 234 valence electrons. The molecule has 0 aromatic heterocycles. The summed E-state index contributed by atoms with van der Waals surface area (Å²) in [6.07, 6.45) is -0.198. The first kappa shape index (κ1) is 35.4. The number of benzene rings is 2. The van der Waals surface area contributed by atoms with Gasteiger partial charge < -0.3 is 15.2 Å². The fourth-order valence-electron chi connectivity index (χ4n) is 4.43. The summed E-state index contributed by atoms with van der Waals surface area (Å²) in [6.45, 7) is 8.44. The minimum absolute atomic E-state index is 0.0238. The third-order valence-electron chi connectivity index (χ3n) is 6.91. The molecule has 42 heavy (non-hydrogen) atoms. The number of nitrogens with zero attached hydrogens (tertiary/aromatic N) is 2. The molecule has 0 aliphatic rings. The van der Waals surface area contributed by atoms with Crippen molar-refractivity contribution >= 4 is 21.8 Å². The van der Waals surface area contributed by atoms with E-state index in [4.69, 9.17) is 4.74 Å². The number of methoxy groups -OCH3 is 1. The summed E-state index contributed by atoms with van der Waals surface area (Å²) >= 11 is 0. The minimum atomic E-state index is -3.95. The van der Waals surface area contributed by atoms with Gasteiger partial charge in [-0.05, 0) is 36.0 Å². The highest BCUT2D eigenvalue weighted by molar-refractivity contribution is 7.89. The zero-order chi connectivity index (χ0) is 31.1. The molecule has 3 atom stereocenters. The van der Waals surface area contributed by atoms with Gasteiger partial charge in [0.15, 0.2) is 0 Å². The Morgan fingerprint density at radius 2 is 1.60 bits per heavy atom. The summed E-state index contributed by atoms with van der Waals surface area (Å²) in [5.74, 6) is -0.785. The maximum absolute atomic E-state index is 13.7.